The summed E-state index contributed by atoms with van der Waals surface area (Å²) in [5.74, 6) is 1.66. The molecule has 3 rings (SSSR count). The Morgan fingerprint density at radius 1 is 1.31 bits per heavy atom. The molecule has 0 aromatic carbocycles. The van der Waals surface area contributed by atoms with E-state index >= 15 is 0 Å². The first-order chi connectivity index (χ1) is 6.42. The zero-order valence-electron chi connectivity index (χ0n) is 7.66. The van der Waals surface area contributed by atoms with E-state index in [1.165, 1.54) is 31.4 Å². The molecule has 2 fully saturated rings. The highest BCUT2D eigenvalue weighted by Crippen LogP contribution is 2.38. The fourth-order valence-corrected chi connectivity index (χ4v) is 2.86. The zero-order chi connectivity index (χ0) is 8.67. The third-order valence-electron chi connectivity index (χ3n) is 3.49. The van der Waals surface area contributed by atoms with Crippen LogP contribution >= 0.6 is 0 Å². The zero-order valence-corrected chi connectivity index (χ0v) is 7.66. The predicted octanol–water partition coefficient (Wildman–Crippen LogP) is 1.27. The molecule has 1 aromatic heterocycles. The van der Waals surface area contributed by atoms with Gasteiger partial charge < -0.3 is 5.32 Å². The van der Waals surface area contributed by atoms with Crippen LogP contribution in [0.1, 0.15) is 30.7 Å². The summed E-state index contributed by atoms with van der Waals surface area (Å²) in [4.78, 5) is 0. The van der Waals surface area contributed by atoms with Crippen molar-refractivity contribution in [1.82, 2.24) is 15.5 Å². The van der Waals surface area contributed by atoms with Crippen molar-refractivity contribution in [3.63, 3.8) is 0 Å². The minimum atomic E-state index is 0.748. The third-order valence-corrected chi connectivity index (χ3v) is 3.49. The van der Waals surface area contributed by atoms with E-state index in [0.29, 0.717) is 0 Å². The topological polar surface area (TPSA) is 40.7 Å². The Balaban J connectivity index is 1.80. The molecule has 0 radical (unpaired) electrons. The van der Waals surface area contributed by atoms with Gasteiger partial charge in [-0.25, -0.2) is 0 Å². The average molecular weight is 177 g/mol. The normalized spacial score (nSPS) is 38.0. The number of aromatic amines is 1. The quantitative estimate of drug-likeness (QED) is 0.678. The standard InChI is InChI=1S/C10H15N3/c1-7-2-10(11-4-7)3-8(1)9-5-12-13-6-9/h5-8,10-11H,1-4H2,(H,12,13). The fourth-order valence-electron chi connectivity index (χ4n) is 2.86. The van der Waals surface area contributed by atoms with E-state index in [9.17, 15) is 0 Å². The van der Waals surface area contributed by atoms with Gasteiger partial charge in [0.1, 0.15) is 0 Å². The van der Waals surface area contributed by atoms with Gasteiger partial charge in [-0.05, 0) is 43.2 Å². The summed E-state index contributed by atoms with van der Waals surface area (Å²) >= 11 is 0. The second-order valence-corrected chi connectivity index (χ2v) is 4.41. The Kier molecular flexibility index (Phi) is 1.65. The highest BCUT2D eigenvalue weighted by atomic mass is 15.1. The van der Waals surface area contributed by atoms with Crippen molar-refractivity contribution in [2.45, 2.75) is 31.2 Å². The molecule has 3 nitrogen and oxygen atoms in total. The van der Waals surface area contributed by atoms with Crippen LogP contribution in [-0.2, 0) is 0 Å². The number of hydrogen-bond donors (Lipinski definition) is 2. The van der Waals surface area contributed by atoms with Crippen molar-refractivity contribution < 1.29 is 0 Å². The van der Waals surface area contributed by atoms with Crippen LogP contribution in [0.5, 0.6) is 0 Å². The van der Waals surface area contributed by atoms with Gasteiger partial charge in [0, 0.05) is 12.2 Å². The molecule has 1 aliphatic carbocycles. The number of rotatable bonds is 1. The Hall–Kier alpha value is -0.830. The number of nitrogens with one attached hydrogen (secondary N) is 2. The Morgan fingerprint density at radius 2 is 2.31 bits per heavy atom. The summed E-state index contributed by atoms with van der Waals surface area (Å²) < 4.78 is 0. The number of H-pyrrole nitrogens is 1. The van der Waals surface area contributed by atoms with Crippen LogP contribution in [0.3, 0.4) is 0 Å². The smallest absolute Gasteiger partial charge is 0.0522 e. The molecular formula is C10H15N3. The lowest BCUT2D eigenvalue weighted by Crippen LogP contribution is -2.23. The molecule has 3 heteroatoms. The molecule has 1 aromatic rings. The molecule has 3 atom stereocenters. The third kappa shape index (κ3) is 1.27. The minimum absolute atomic E-state index is 0.748. The Morgan fingerprint density at radius 3 is 3.08 bits per heavy atom. The summed E-state index contributed by atoms with van der Waals surface area (Å²) in [6.07, 6.45) is 8.08. The van der Waals surface area contributed by atoms with Gasteiger partial charge in [0.25, 0.3) is 0 Å². The van der Waals surface area contributed by atoms with Gasteiger partial charge >= 0.3 is 0 Å². The van der Waals surface area contributed by atoms with Crippen LogP contribution < -0.4 is 5.32 Å². The van der Waals surface area contributed by atoms with Crippen molar-refractivity contribution in [2.75, 3.05) is 6.54 Å². The monoisotopic (exact) mass is 177 g/mol. The predicted molar refractivity (Wildman–Crippen MR) is 50.5 cm³/mol. The van der Waals surface area contributed by atoms with E-state index in [-0.39, 0.29) is 0 Å². The van der Waals surface area contributed by atoms with Crippen molar-refractivity contribution in [3.05, 3.63) is 18.0 Å². The lowest BCUT2D eigenvalue weighted by atomic mass is 9.79. The van der Waals surface area contributed by atoms with E-state index in [1.807, 2.05) is 6.20 Å². The summed E-state index contributed by atoms with van der Waals surface area (Å²) in [6.45, 7) is 1.24. The van der Waals surface area contributed by atoms with E-state index < -0.39 is 0 Å². The van der Waals surface area contributed by atoms with Gasteiger partial charge in [-0.3, -0.25) is 5.10 Å². The van der Waals surface area contributed by atoms with Crippen molar-refractivity contribution in [2.24, 2.45) is 5.92 Å². The van der Waals surface area contributed by atoms with Crippen LogP contribution in [0.4, 0.5) is 0 Å². The van der Waals surface area contributed by atoms with Gasteiger partial charge in [0.2, 0.25) is 0 Å². The molecule has 13 heavy (non-hydrogen) atoms. The van der Waals surface area contributed by atoms with E-state index in [2.05, 4.69) is 21.7 Å². The summed E-state index contributed by atoms with van der Waals surface area (Å²) in [6, 6.07) is 0.777. The van der Waals surface area contributed by atoms with E-state index in [0.717, 1.165) is 17.9 Å². The first-order valence-corrected chi connectivity index (χ1v) is 5.14. The first-order valence-electron chi connectivity index (χ1n) is 5.14. The molecule has 3 unspecified atom stereocenters. The number of hydrogen-bond acceptors (Lipinski definition) is 2. The highest BCUT2D eigenvalue weighted by molar-refractivity contribution is 5.13. The number of aromatic nitrogens is 2. The van der Waals surface area contributed by atoms with Gasteiger partial charge in [-0.15, -0.1) is 0 Å². The molecule has 2 N–H and O–H groups in total. The lowest BCUT2D eigenvalue weighted by molar-refractivity contribution is 0.365. The maximum absolute atomic E-state index is 4.02. The number of fused-ring (bicyclic) bond motifs is 2. The van der Waals surface area contributed by atoms with Crippen molar-refractivity contribution >= 4 is 0 Å². The highest BCUT2D eigenvalue weighted by Gasteiger charge is 2.34. The molecule has 2 aliphatic rings. The van der Waals surface area contributed by atoms with Crippen molar-refractivity contribution in [3.8, 4) is 0 Å². The fraction of sp³-hybridized carbons (Fsp3) is 0.700. The number of nitrogens with zero attached hydrogens (tertiary/aromatic N) is 1. The summed E-state index contributed by atoms with van der Waals surface area (Å²) in [5.41, 5.74) is 1.40. The lowest BCUT2D eigenvalue weighted by Gasteiger charge is -2.25. The molecule has 1 aliphatic heterocycles. The molecule has 0 spiro atoms. The van der Waals surface area contributed by atoms with Crippen LogP contribution in [0.2, 0.25) is 0 Å². The van der Waals surface area contributed by atoms with Crippen LogP contribution in [0.25, 0.3) is 0 Å². The van der Waals surface area contributed by atoms with E-state index in [4.69, 9.17) is 0 Å². The van der Waals surface area contributed by atoms with Crippen LogP contribution in [0.15, 0.2) is 12.4 Å². The molecule has 70 valence electrons. The Labute approximate surface area is 77.9 Å². The largest absolute Gasteiger partial charge is 0.314 e. The molecule has 1 saturated carbocycles. The summed E-state index contributed by atoms with van der Waals surface area (Å²) in [5, 5.41) is 10.5. The molecule has 1 saturated heterocycles. The maximum atomic E-state index is 4.02. The molecule has 2 heterocycles. The van der Waals surface area contributed by atoms with Crippen LogP contribution in [-0.4, -0.2) is 22.8 Å². The minimum Gasteiger partial charge on any atom is -0.314 e. The van der Waals surface area contributed by atoms with Gasteiger partial charge in [0.05, 0.1) is 6.20 Å². The second-order valence-electron chi connectivity index (χ2n) is 4.41. The van der Waals surface area contributed by atoms with E-state index in [1.54, 1.807) is 0 Å². The Bertz CT molecular complexity index is 268. The average Bonchev–Trinajstić information content (AvgIpc) is 2.75. The second kappa shape index (κ2) is 2.84. The van der Waals surface area contributed by atoms with Crippen LogP contribution in [0, 0.1) is 5.92 Å². The first kappa shape index (κ1) is 7.56. The van der Waals surface area contributed by atoms with Gasteiger partial charge in [-0.2, -0.15) is 5.10 Å². The van der Waals surface area contributed by atoms with Gasteiger partial charge in [-0.1, -0.05) is 0 Å². The summed E-state index contributed by atoms with van der Waals surface area (Å²) in [7, 11) is 0. The maximum Gasteiger partial charge on any atom is 0.0522 e. The molecule has 2 bridgehead atoms. The SMILES string of the molecule is c1n[nH]cc1C1CC2CNC(C2)C1. The molecule has 0 amide bonds. The molecular weight excluding hydrogens is 162 g/mol. The van der Waals surface area contributed by atoms with Crippen molar-refractivity contribution in [1.29, 1.82) is 0 Å². The van der Waals surface area contributed by atoms with Gasteiger partial charge in [0.15, 0.2) is 0 Å².